The Morgan fingerprint density at radius 1 is 1.38 bits per heavy atom. The summed E-state index contributed by atoms with van der Waals surface area (Å²) in [5.41, 5.74) is 2.97. The molecule has 1 aromatic heterocycles. The van der Waals surface area contributed by atoms with Crippen molar-refractivity contribution >= 4 is 11.6 Å². The van der Waals surface area contributed by atoms with Crippen molar-refractivity contribution < 1.29 is 14.3 Å². The number of likely N-dealkylation sites (tertiary alicyclic amines) is 1. The number of piperidine rings is 1. The van der Waals surface area contributed by atoms with Gasteiger partial charge in [-0.25, -0.2) is 0 Å². The Morgan fingerprint density at radius 3 is 3.15 bits per heavy atom. The van der Waals surface area contributed by atoms with Crippen molar-refractivity contribution in [2.75, 3.05) is 31.6 Å². The molecule has 0 saturated carbocycles. The lowest BCUT2D eigenvalue weighted by Crippen LogP contribution is -2.34. The fourth-order valence-corrected chi connectivity index (χ4v) is 3.83. The molecule has 3 heterocycles. The van der Waals surface area contributed by atoms with Crippen LogP contribution in [0.5, 0.6) is 11.5 Å². The minimum atomic E-state index is -0.0756. The summed E-state index contributed by atoms with van der Waals surface area (Å²) in [7, 11) is 0. The number of para-hydroxylation sites is 1. The van der Waals surface area contributed by atoms with Crippen LogP contribution in [0.15, 0.2) is 24.4 Å². The van der Waals surface area contributed by atoms with Crippen LogP contribution in [0.2, 0.25) is 0 Å². The molecule has 1 saturated heterocycles. The Morgan fingerprint density at radius 2 is 2.27 bits per heavy atom. The molecule has 0 aliphatic carbocycles. The fraction of sp³-hybridized carbons (Fsp3) is 0.474. The summed E-state index contributed by atoms with van der Waals surface area (Å²) in [6.07, 6.45) is 3.88. The van der Waals surface area contributed by atoms with E-state index in [0.717, 1.165) is 60.9 Å². The van der Waals surface area contributed by atoms with Gasteiger partial charge in [-0.15, -0.1) is 0 Å². The smallest absolute Gasteiger partial charge is 0.221 e. The third-order valence-corrected chi connectivity index (χ3v) is 4.93. The number of benzene rings is 1. The number of hydrogen-bond acceptors (Lipinski definition) is 5. The van der Waals surface area contributed by atoms with E-state index >= 15 is 0 Å². The monoisotopic (exact) mass is 356 g/mol. The Balaban J connectivity index is 1.48. The maximum Gasteiger partial charge on any atom is 0.221 e. The van der Waals surface area contributed by atoms with Gasteiger partial charge in [0.05, 0.1) is 17.6 Å². The minimum Gasteiger partial charge on any atom is -0.486 e. The number of anilines is 1. The summed E-state index contributed by atoms with van der Waals surface area (Å²) in [6.45, 7) is 5.51. The normalized spacial score (nSPS) is 20.0. The molecule has 0 spiro atoms. The average molecular weight is 356 g/mol. The number of amides is 1. The molecular formula is C19H24N4O3. The van der Waals surface area contributed by atoms with Crippen LogP contribution in [0, 0.1) is 0 Å². The van der Waals surface area contributed by atoms with Gasteiger partial charge in [0.1, 0.15) is 13.2 Å². The lowest BCUT2D eigenvalue weighted by atomic mass is 9.93. The van der Waals surface area contributed by atoms with E-state index < -0.39 is 0 Å². The zero-order chi connectivity index (χ0) is 17.9. The van der Waals surface area contributed by atoms with Gasteiger partial charge in [0.2, 0.25) is 5.91 Å². The molecule has 26 heavy (non-hydrogen) atoms. The van der Waals surface area contributed by atoms with E-state index in [2.05, 4.69) is 26.5 Å². The molecule has 2 N–H and O–H groups in total. The SMILES string of the molecule is CC(=O)Nc1cn[nH]c1C1CCCN(Cc2cccc3c2OCCO3)C1. The van der Waals surface area contributed by atoms with E-state index in [4.69, 9.17) is 9.47 Å². The first-order valence-corrected chi connectivity index (χ1v) is 9.11. The van der Waals surface area contributed by atoms with E-state index in [9.17, 15) is 4.79 Å². The maximum atomic E-state index is 11.4. The zero-order valence-corrected chi connectivity index (χ0v) is 15.0. The van der Waals surface area contributed by atoms with Crippen molar-refractivity contribution in [1.82, 2.24) is 15.1 Å². The van der Waals surface area contributed by atoms with Crippen LogP contribution < -0.4 is 14.8 Å². The van der Waals surface area contributed by atoms with Crippen molar-refractivity contribution in [2.45, 2.75) is 32.2 Å². The molecule has 2 aliphatic rings. The molecule has 1 atom stereocenters. The number of H-pyrrole nitrogens is 1. The number of hydrogen-bond donors (Lipinski definition) is 2. The second-order valence-corrected chi connectivity index (χ2v) is 6.89. The molecule has 1 unspecified atom stereocenters. The summed E-state index contributed by atoms with van der Waals surface area (Å²) in [5.74, 6) is 1.96. The number of aromatic nitrogens is 2. The van der Waals surface area contributed by atoms with Crippen LogP contribution in [0.3, 0.4) is 0 Å². The standard InChI is InChI=1S/C19H24N4O3/c1-13(24)21-16-10-20-22-18(16)14-5-3-7-23(11-14)12-15-4-2-6-17-19(15)26-9-8-25-17/h2,4,6,10,14H,3,5,7-9,11-12H2,1H3,(H,20,22)(H,21,24). The fourth-order valence-electron chi connectivity index (χ4n) is 3.83. The van der Waals surface area contributed by atoms with Crippen molar-refractivity contribution in [2.24, 2.45) is 0 Å². The molecular weight excluding hydrogens is 332 g/mol. The third-order valence-electron chi connectivity index (χ3n) is 4.93. The van der Waals surface area contributed by atoms with Gasteiger partial charge >= 0.3 is 0 Å². The average Bonchev–Trinajstić information content (AvgIpc) is 3.10. The lowest BCUT2D eigenvalue weighted by Gasteiger charge is -2.33. The number of fused-ring (bicyclic) bond motifs is 1. The highest BCUT2D eigenvalue weighted by Gasteiger charge is 2.26. The molecule has 2 aliphatic heterocycles. The topological polar surface area (TPSA) is 79.5 Å². The zero-order valence-electron chi connectivity index (χ0n) is 15.0. The van der Waals surface area contributed by atoms with Crippen LogP contribution in [0.25, 0.3) is 0 Å². The van der Waals surface area contributed by atoms with Crippen LogP contribution in [0.1, 0.15) is 36.9 Å². The minimum absolute atomic E-state index is 0.0756. The second kappa shape index (κ2) is 7.37. The van der Waals surface area contributed by atoms with Gasteiger partial charge in [0.15, 0.2) is 11.5 Å². The van der Waals surface area contributed by atoms with Crippen LogP contribution in [-0.2, 0) is 11.3 Å². The molecule has 2 aromatic rings. The Hall–Kier alpha value is -2.54. The second-order valence-electron chi connectivity index (χ2n) is 6.89. The molecule has 0 bridgehead atoms. The summed E-state index contributed by atoms with van der Waals surface area (Å²) in [4.78, 5) is 13.8. The molecule has 1 amide bonds. The first kappa shape index (κ1) is 16.9. The highest BCUT2D eigenvalue weighted by Crippen LogP contribution is 2.36. The van der Waals surface area contributed by atoms with Gasteiger partial charge in [0.25, 0.3) is 0 Å². The van der Waals surface area contributed by atoms with Crippen molar-refractivity contribution in [3.8, 4) is 11.5 Å². The Labute approximate surface area is 152 Å². The molecule has 138 valence electrons. The highest BCUT2D eigenvalue weighted by atomic mass is 16.6. The number of rotatable bonds is 4. The summed E-state index contributed by atoms with van der Waals surface area (Å²) in [5, 5.41) is 10.1. The number of nitrogens with one attached hydrogen (secondary N) is 2. The van der Waals surface area contributed by atoms with Gasteiger partial charge in [-0.3, -0.25) is 14.8 Å². The number of carbonyl (C=O) groups excluding carboxylic acids is 1. The number of ether oxygens (including phenoxy) is 2. The largest absolute Gasteiger partial charge is 0.486 e. The van der Waals surface area contributed by atoms with Crippen molar-refractivity contribution in [1.29, 1.82) is 0 Å². The number of nitrogens with zero attached hydrogens (tertiary/aromatic N) is 2. The van der Waals surface area contributed by atoms with E-state index in [0.29, 0.717) is 19.1 Å². The summed E-state index contributed by atoms with van der Waals surface area (Å²) in [6, 6.07) is 6.09. The van der Waals surface area contributed by atoms with E-state index in [1.165, 1.54) is 6.92 Å². The predicted molar refractivity (Wildman–Crippen MR) is 97.6 cm³/mol. The molecule has 4 rings (SSSR count). The first-order valence-electron chi connectivity index (χ1n) is 9.11. The quantitative estimate of drug-likeness (QED) is 0.880. The number of aromatic amines is 1. The summed E-state index contributed by atoms with van der Waals surface area (Å²) >= 11 is 0. The van der Waals surface area contributed by atoms with E-state index in [-0.39, 0.29) is 5.91 Å². The Kier molecular flexibility index (Phi) is 4.79. The summed E-state index contributed by atoms with van der Waals surface area (Å²) < 4.78 is 11.5. The highest BCUT2D eigenvalue weighted by molar-refractivity contribution is 5.89. The van der Waals surface area contributed by atoms with Gasteiger partial charge in [-0.2, -0.15) is 5.10 Å². The van der Waals surface area contributed by atoms with Crippen LogP contribution in [0.4, 0.5) is 5.69 Å². The van der Waals surface area contributed by atoms with Crippen LogP contribution in [-0.4, -0.2) is 47.3 Å². The van der Waals surface area contributed by atoms with Crippen molar-refractivity contribution in [3.63, 3.8) is 0 Å². The number of carbonyl (C=O) groups is 1. The third kappa shape index (κ3) is 3.53. The molecule has 0 radical (unpaired) electrons. The van der Waals surface area contributed by atoms with Gasteiger partial charge in [-0.1, -0.05) is 12.1 Å². The van der Waals surface area contributed by atoms with Gasteiger partial charge in [-0.05, 0) is 25.5 Å². The van der Waals surface area contributed by atoms with E-state index in [1.807, 2.05) is 12.1 Å². The molecule has 1 fully saturated rings. The van der Waals surface area contributed by atoms with Gasteiger partial charge in [0, 0.05) is 31.5 Å². The molecule has 7 heteroatoms. The molecule has 7 nitrogen and oxygen atoms in total. The van der Waals surface area contributed by atoms with Crippen LogP contribution >= 0.6 is 0 Å². The molecule has 1 aromatic carbocycles. The lowest BCUT2D eigenvalue weighted by molar-refractivity contribution is -0.114. The van der Waals surface area contributed by atoms with Crippen molar-refractivity contribution in [3.05, 3.63) is 35.7 Å². The first-order chi connectivity index (χ1) is 12.7. The van der Waals surface area contributed by atoms with E-state index in [1.54, 1.807) is 6.20 Å². The Bertz CT molecular complexity index is 789. The maximum absolute atomic E-state index is 11.4. The predicted octanol–water partition coefficient (Wildman–Crippen LogP) is 2.52. The van der Waals surface area contributed by atoms with Gasteiger partial charge < -0.3 is 14.8 Å².